The quantitative estimate of drug-likeness (QED) is 0.219. The van der Waals surface area contributed by atoms with Gasteiger partial charge >= 0.3 is 0 Å². The number of benzene rings is 3. The minimum Gasteiger partial charge on any atom is -0.268 e. The topological polar surface area (TPSA) is 32.7 Å². The second-order valence-electron chi connectivity index (χ2n) is 9.17. The molecule has 2 aliphatic rings. The predicted octanol–water partition coefficient (Wildman–Crippen LogP) is 9.14. The second-order valence-corrected chi connectivity index (χ2v) is 11.1. The molecule has 1 amide bonds. The zero-order chi connectivity index (χ0) is 26.6. The first-order valence-electron chi connectivity index (χ1n) is 12.2. The van der Waals surface area contributed by atoms with E-state index in [0.717, 1.165) is 47.2 Å². The first kappa shape index (κ1) is 26.7. The Morgan fingerprint density at radius 2 is 1.58 bits per heavy atom. The highest BCUT2D eigenvalue weighted by Gasteiger charge is 2.43. The van der Waals surface area contributed by atoms with Crippen LogP contribution in [0.4, 0.5) is 8.78 Å². The number of hydrogen-bond acceptors (Lipinski definition) is 3. The number of hydrogen-bond donors (Lipinski definition) is 0. The zero-order valence-electron chi connectivity index (χ0n) is 20.2. The molecule has 0 radical (unpaired) electrons. The van der Waals surface area contributed by atoms with Crippen LogP contribution in [-0.4, -0.2) is 22.4 Å². The van der Waals surface area contributed by atoms with Crippen molar-refractivity contribution in [1.82, 2.24) is 5.01 Å². The maximum Gasteiger partial charge on any atom is 0.288 e. The van der Waals surface area contributed by atoms with Gasteiger partial charge in [0.25, 0.3) is 11.7 Å². The molecule has 0 unspecified atom stereocenters. The number of thioether (sulfide) groups is 1. The van der Waals surface area contributed by atoms with Crippen LogP contribution in [0.25, 0.3) is 12.2 Å². The van der Waals surface area contributed by atoms with Gasteiger partial charge in [0, 0.05) is 26.9 Å². The Bertz CT molecular complexity index is 1390. The Kier molecular flexibility index (Phi) is 8.32. The lowest BCUT2D eigenvalue weighted by Gasteiger charge is -2.29. The van der Waals surface area contributed by atoms with Crippen molar-refractivity contribution in [2.45, 2.75) is 36.0 Å². The molecule has 0 bridgehead atoms. The molecule has 2 atom stereocenters. The van der Waals surface area contributed by atoms with E-state index in [-0.39, 0.29) is 17.9 Å². The van der Waals surface area contributed by atoms with Crippen LogP contribution < -0.4 is 0 Å². The number of fused-ring (bicyclic) bond motifs is 1. The SMILES string of the molecule is O=C(/C=C\c1ccc(SC(F)F)cc1)N1N=C2/C(=C\c3ccc(Cl)cc3)CCC[C@@H]2[C@@H]1c1ccc(Cl)cc1. The van der Waals surface area contributed by atoms with Gasteiger partial charge in [0.1, 0.15) is 0 Å². The van der Waals surface area contributed by atoms with E-state index in [4.69, 9.17) is 28.3 Å². The first-order valence-corrected chi connectivity index (χ1v) is 13.9. The first-order chi connectivity index (χ1) is 18.4. The van der Waals surface area contributed by atoms with Crippen LogP contribution in [0.5, 0.6) is 0 Å². The fraction of sp³-hybridized carbons (Fsp3) is 0.200. The molecule has 38 heavy (non-hydrogen) atoms. The van der Waals surface area contributed by atoms with Crippen molar-refractivity contribution in [1.29, 1.82) is 0 Å². The van der Waals surface area contributed by atoms with Crippen LogP contribution in [0.2, 0.25) is 10.0 Å². The largest absolute Gasteiger partial charge is 0.288 e. The highest BCUT2D eigenvalue weighted by molar-refractivity contribution is 7.99. The third kappa shape index (κ3) is 6.20. The van der Waals surface area contributed by atoms with Gasteiger partial charge in [0.2, 0.25) is 0 Å². The summed E-state index contributed by atoms with van der Waals surface area (Å²) in [6, 6.07) is 21.7. The van der Waals surface area contributed by atoms with E-state index in [1.165, 1.54) is 6.08 Å². The number of hydrazone groups is 1. The molecule has 0 saturated heterocycles. The molecular formula is C30H24Cl2F2N2OS. The second kappa shape index (κ2) is 11.9. The van der Waals surface area contributed by atoms with Crippen molar-refractivity contribution in [2.75, 3.05) is 0 Å². The summed E-state index contributed by atoms with van der Waals surface area (Å²) >= 11 is 12.7. The van der Waals surface area contributed by atoms with Crippen LogP contribution in [0.3, 0.4) is 0 Å². The highest BCUT2D eigenvalue weighted by atomic mass is 35.5. The van der Waals surface area contributed by atoms with Gasteiger partial charge in [-0.3, -0.25) is 4.79 Å². The average Bonchev–Trinajstić information content (AvgIpc) is 3.30. The van der Waals surface area contributed by atoms with Gasteiger partial charge in [-0.1, -0.05) is 71.4 Å². The molecule has 1 fully saturated rings. The summed E-state index contributed by atoms with van der Waals surface area (Å²) in [4.78, 5) is 14.0. The maximum absolute atomic E-state index is 13.5. The Labute approximate surface area is 234 Å². The molecule has 3 aromatic rings. The van der Waals surface area contributed by atoms with Crippen LogP contribution in [0.1, 0.15) is 42.0 Å². The van der Waals surface area contributed by atoms with Gasteiger partial charge in [-0.2, -0.15) is 13.9 Å². The number of carbonyl (C=O) groups is 1. The summed E-state index contributed by atoms with van der Waals surface area (Å²) in [7, 11) is 0. The maximum atomic E-state index is 13.5. The average molecular weight is 570 g/mol. The van der Waals surface area contributed by atoms with E-state index in [1.807, 2.05) is 48.5 Å². The molecular weight excluding hydrogens is 545 g/mol. The molecule has 8 heteroatoms. The number of nitrogens with zero attached hydrogens (tertiary/aromatic N) is 2. The molecule has 1 aliphatic heterocycles. The number of halogens is 4. The third-order valence-electron chi connectivity index (χ3n) is 6.67. The summed E-state index contributed by atoms with van der Waals surface area (Å²) in [5, 5.41) is 7.76. The monoisotopic (exact) mass is 568 g/mol. The fourth-order valence-electron chi connectivity index (χ4n) is 4.94. The molecule has 5 rings (SSSR count). The third-order valence-corrected chi connectivity index (χ3v) is 7.90. The summed E-state index contributed by atoms with van der Waals surface area (Å²) in [6.45, 7) is 0. The van der Waals surface area contributed by atoms with Crippen LogP contribution in [0, 0.1) is 5.92 Å². The van der Waals surface area contributed by atoms with E-state index in [2.05, 4.69) is 6.08 Å². The molecule has 0 spiro atoms. The van der Waals surface area contributed by atoms with Crippen LogP contribution in [0.15, 0.2) is 94.4 Å². The van der Waals surface area contributed by atoms with Crippen LogP contribution >= 0.6 is 35.0 Å². The summed E-state index contributed by atoms with van der Waals surface area (Å²) in [5.74, 6) is -2.66. The highest BCUT2D eigenvalue weighted by Crippen LogP contribution is 2.44. The molecule has 0 N–H and O–H groups in total. The normalized spacial score (nSPS) is 20.3. The molecule has 3 aromatic carbocycles. The minimum atomic E-state index is -2.47. The lowest BCUT2D eigenvalue weighted by atomic mass is 9.77. The van der Waals surface area contributed by atoms with E-state index in [9.17, 15) is 13.6 Å². The number of carbonyl (C=O) groups excluding carboxylic acids is 1. The number of amides is 1. The summed E-state index contributed by atoms with van der Waals surface area (Å²) in [6.07, 6.45) is 8.09. The Balaban J connectivity index is 1.45. The minimum absolute atomic E-state index is 0.0616. The van der Waals surface area contributed by atoms with Crippen molar-refractivity contribution in [2.24, 2.45) is 11.0 Å². The van der Waals surface area contributed by atoms with Crippen molar-refractivity contribution in [3.63, 3.8) is 0 Å². The van der Waals surface area contributed by atoms with E-state index in [1.54, 1.807) is 35.4 Å². The number of rotatable bonds is 6. The lowest BCUT2D eigenvalue weighted by Crippen LogP contribution is -2.30. The molecule has 1 heterocycles. The van der Waals surface area contributed by atoms with E-state index in [0.29, 0.717) is 26.7 Å². The van der Waals surface area contributed by atoms with Gasteiger partial charge in [-0.15, -0.1) is 0 Å². The van der Waals surface area contributed by atoms with Crippen LogP contribution in [-0.2, 0) is 4.79 Å². The van der Waals surface area contributed by atoms with Gasteiger partial charge in [-0.05, 0) is 90.1 Å². The summed E-state index contributed by atoms with van der Waals surface area (Å²) < 4.78 is 25.2. The van der Waals surface area contributed by atoms with Crippen molar-refractivity contribution >= 4 is 58.7 Å². The molecule has 3 nitrogen and oxygen atoms in total. The van der Waals surface area contributed by atoms with E-state index >= 15 is 0 Å². The van der Waals surface area contributed by atoms with Crippen molar-refractivity contribution < 1.29 is 13.6 Å². The summed E-state index contributed by atoms with van der Waals surface area (Å²) in [5.41, 5.74) is 4.80. The predicted molar refractivity (Wildman–Crippen MR) is 153 cm³/mol. The van der Waals surface area contributed by atoms with Gasteiger partial charge in [0.15, 0.2) is 0 Å². The smallest absolute Gasteiger partial charge is 0.268 e. The Morgan fingerprint density at radius 3 is 2.24 bits per heavy atom. The molecule has 194 valence electrons. The number of alkyl halides is 2. The van der Waals surface area contributed by atoms with Gasteiger partial charge in [0.05, 0.1) is 11.8 Å². The van der Waals surface area contributed by atoms with Gasteiger partial charge in [-0.25, -0.2) is 5.01 Å². The zero-order valence-corrected chi connectivity index (χ0v) is 22.6. The van der Waals surface area contributed by atoms with Crippen molar-refractivity contribution in [3.05, 3.63) is 111 Å². The van der Waals surface area contributed by atoms with E-state index < -0.39 is 5.76 Å². The molecule has 1 saturated carbocycles. The van der Waals surface area contributed by atoms with Crippen molar-refractivity contribution in [3.8, 4) is 0 Å². The Morgan fingerprint density at radius 1 is 0.947 bits per heavy atom. The number of allylic oxidation sites excluding steroid dienone is 1. The fourth-order valence-corrected chi connectivity index (χ4v) is 5.69. The molecule has 1 aliphatic carbocycles. The standard InChI is InChI=1S/C30H24Cl2F2N2OS/c31-23-11-4-20(5-12-23)18-22-2-1-3-26-28(22)35-36(29(26)21-9-13-24(32)14-10-21)27(37)17-8-19-6-15-25(16-7-19)38-30(33)34/h4-18,26,29-30H,1-3H2/b17-8-,22-18-/t26-,29-/m0/s1. The lowest BCUT2D eigenvalue weighted by molar-refractivity contribution is -0.128. The molecule has 0 aromatic heterocycles. The van der Waals surface area contributed by atoms with Gasteiger partial charge < -0.3 is 0 Å². The Hall–Kier alpha value is -2.93.